The van der Waals surface area contributed by atoms with E-state index in [1.165, 1.54) is 22.9 Å². The molecule has 2 aromatic heterocycles. The van der Waals surface area contributed by atoms with Gasteiger partial charge in [0.15, 0.2) is 0 Å². The molecular weight excluding hydrogens is 375 g/mol. The van der Waals surface area contributed by atoms with Gasteiger partial charge in [0.2, 0.25) is 11.6 Å². The number of nitrogens with one attached hydrogen (secondary N) is 1. The second kappa shape index (κ2) is 6.48. The van der Waals surface area contributed by atoms with E-state index in [9.17, 15) is 22.8 Å². The van der Waals surface area contributed by atoms with E-state index >= 15 is 0 Å². The molecule has 2 aromatic carbocycles. The first-order chi connectivity index (χ1) is 13.4. The van der Waals surface area contributed by atoms with Crippen molar-refractivity contribution in [2.24, 2.45) is 0 Å². The van der Waals surface area contributed by atoms with Crippen molar-refractivity contribution >= 4 is 28.3 Å². The Morgan fingerprint density at radius 2 is 1.71 bits per heavy atom. The Morgan fingerprint density at radius 3 is 2.46 bits per heavy atom. The maximum absolute atomic E-state index is 13.1. The van der Waals surface area contributed by atoms with E-state index in [0.29, 0.717) is 11.0 Å². The number of amides is 1. The lowest BCUT2D eigenvalue weighted by Crippen LogP contribution is -2.30. The highest BCUT2D eigenvalue weighted by atomic mass is 19.4. The van der Waals surface area contributed by atoms with Crippen LogP contribution >= 0.6 is 0 Å². The molecule has 0 fully saturated rings. The molecule has 0 bridgehead atoms. The Balaban J connectivity index is 1.74. The monoisotopic (exact) mass is 387 g/mol. The minimum Gasteiger partial charge on any atom is -0.324 e. The summed E-state index contributed by atoms with van der Waals surface area (Å²) in [4.78, 5) is 25.1. The van der Waals surface area contributed by atoms with Gasteiger partial charge in [0.1, 0.15) is 12.9 Å². The van der Waals surface area contributed by atoms with E-state index in [1.807, 2.05) is 0 Å². The van der Waals surface area contributed by atoms with Crippen molar-refractivity contribution < 1.29 is 18.0 Å². The highest BCUT2D eigenvalue weighted by Crippen LogP contribution is 2.34. The van der Waals surface area contributed by atoms with Crippen LogP contribution in [0.3, 0.4) is 0 Å². The normalized spacial score (nSPS) is 11.8. The summed E-state index contributed by atoms with van der Waals surface area (Å²) in [6.45, 7) is -0.477. The molecule has 142 valence electrons. The van der Waals surface area contributed by atoms with Crippen molar-refractivity contribution in [1.29, 1.82) is 0 Å². The molecule has 0 saturated carbocycles. The molecule has 4 aromatic rings. The summed E-state index contributed by atoms with van der Waals surface area (Å²) in [6.07, 6.45) is -3.24. The number of rotatable bonds is 3. The predicted molar refractivity (Wildman–Crippen MR) is 94.8 cm³/mol. The van der Waals surface area contributed by atoms with Crippen molar-refractivity contribution in [3.8, 4) is 0 Å². The van der Waals surface area contributed by atoms with Crippen molar-refractivity contribution in [2.45, 2.75) is 12.7 Å². The third kappa shape index (κ3) is 2.98. The van der Waals surface area contributed by atoms with Crippen molar-refractivity contribution in [3.63, 3.8) is 0 Å². The summed E-state index contributed by atoms with van der Waals surface area (Å²) in [7, 11) is 0. The Labute approximate surface area is 155 Å². The van der Waals surface area contributed by atoms with Gasteiger partial charge in [-0.05, 0) is 24.3 Å². The predicted octanol–water partition coefficient (Wildman–Crippen LogP) is 2.70. The zero-order chi connectivity index (χ0) is 19.9. The molecule has 0 spiro atoms. The fourth-order valence-electron chi connectivity index (χ4n) is 3.01. The summed E-state index contributed by atoms with van der Waals surface area (Å²) in [5, 5.41) is 9.72. The number of hydrogen-bond donors (Lipinski definition) is 1. The topological polar surface area (TPSA) is 81.3 Å². The van der Waals surface area contributed by atoms with E-state index < -0.39 is 29.8 Å². The number of hydrogen-bond acceptors (Lipinski definition) is 4. The molecule has 28 heavy (non-hydrogen) atoms. The lowest BCUT2D eigenvalue weighted by atomic mass is 10.1. The van der Waals surface area contributed by atoms with Crippen LogP contribution in [0.25, 0.3) is 16.7 Å². The van der Waals surface area contributed by atoms with Crippen LogP contribution in [0.15, 0.2) is 59.7 Å². The van der Waals surface area contributed by atoms with Crippen LogP contribution < -0.4 is 10.9 Å². The van der Waals surface area contributed by atoms with Gasteiger partial charge in [0.25, 0.3) is 5.56 Å². The first-order valence-corrected chi connectivity index (χ1v) is 8.13. The number of benzene rings is 2. The van der Waals surface area contributed by atoms with Gasteiger partial charge in [-0.2, -0.15) is 13.2 Å². The second-order valence-corrected chi connectivity index (χ2v) is 6.00. The van der Waals surface area contributed by atoms with Crippen molar-refractivity contribution in [1.82, 2.24) is 19.2 Å². The summed E-state index contributed by atoms with van der Waals surface area (Å²) < 4.78 is 42.0. The SMILES string of the molecule is O=C(Cn1c(=O)c2nncn2c2ccccc21)Nc1ccccc1C(F)(F)F. The number of anilines is 1. The highest BCUT2D eigenvalue weighted by molar-refractivity contribution is 5.92. The van der Waals surface area contributed by atoms with Gasteiger partial charge in [0.05, 0.1) is 22.3 Å². The van der Waals surface area contributed by atoms with Crippen LogP contribution in [0.4, 0.5) is 18.9 Å². The van der Waals surface area contributed by atoms with Crippen LogP contribution in [-0.2, 0) is 17.5 Å². The van der Waals surface area contributed by atoms with Gasteiger partial charge in [-0.3, -0.25) is 18.6 Å². The smallest absolute Gasteiger partial charge is 0.324 e. The molecule has 1 N–H and O–H groups in total. The molecule has 0 unspecified atom stereocenters. The number of halogens is 3. The quantitative estimate of drug-likeness (QED) is 0.586. The Kier molecular flexibility index (Phi) is 4.10. The maximum Gasteiger partial charge on any atom is 0.418 e. The van der Waals surface area contributed by atoms with Crippen LogP contribution in [0.2, 0.25) is 0 Å². The summed E-state index contributed by atoms with van der Waals surface area (Å²) >= 11 is 0. The van der Waals surface area contributed by atoms with Crippen LogP contribution in [-0.4, -0.2) is 25.1 Å². The number of para-hydroxylation sites is 3. The first-order valence-electron chi connectivity index (χ1n) is 8.13. The average molecular weight is 387 g/mol. The van der Waals surface area contributed by atoms with Crippen LogP contribution in [0.1, 0.15) is 5.56 Å². The molecule has 0 radical (unpaired) electrons. The van der Waals surface area contributed by atoms with Gasteiger partial charge in [-0.25, -0.2) is 0 Å². The van der Waals surface area contributed by atoms with Gasteiger partial charge < -0.3 is 5.32 Å². The largest absolute Gasteiger partial charge is 0.418 e. The number of carbonyl (C=O) groups excluding carboxylic acids is 1. The van der Waals surface area contributed by atoms with Gasteiger partial charge in [-0.15, -0.1) is 10.2 Å². The second-order valence-electron chi connectivity index (χ2n) is 6.00. The third-order valence-electron chi connectivity index (χ3n) is 4.22. The molecule has 7 nitrogen and oxygen atoms in total. The molecule has 2 heterocycles. The zero-order valence-corrected chi connectivity index (χ0v) is 14.1. The molecule has 0 aliphatic rings. The van der Waals surface area contributed by atoms with E-state index in [1.54, 1.807) is 24.3 Å². The summed E-state index contributed by atoms with van der Waals surface area (Å²) in [6, 6.07) is 11.4. The number of fused-ring (bicyclic) bond motifs is 3. The fourth-order valence-corrected chi connectivity index (χ4v) is 3.01. The van der Waals surface area contributed by atoms with Crippen LogP contribution in [0.5, 0.6) is 0 Å². The van der Waals surface area contributed by atoms with Gasteiger partial charge >= 0.3 is 6.18 Å². The minimum atomic E-state index is -4.62. The molecule has 0 saturated heterocycles. The lowest BCUT2D eigenvalue weighted by molar-refractivity contribution is -0.137. The Hall–Kier alpha value is -3.69. The van der Waals surface area contributed by atoms with E-state index in [2.05, 4.69) is 15.5 Å². The van der Waals surface area contributed by atoms with E-state index in [4.69, 9.17) is 0 Å². The standard InChI is InChI=1S/C18H12F3N5O2/c19-18(20,21)11-5-1-2-6-12(11)23-15(27)9-25-13-7-3-4-8-14(13)26-10-22-24-16(26)17(25)28/h1-8,10H,9H2,(H,23,27). The van der Waals surface area contributed by atoms with Crippen LogP contribution in [0, 0.1) is 0 Å². The first kappa shape index (κ1) is 17.7. The minimum absolute atomic E-state index is 0.0159. The fraction of sp³-hybridized carbons (Fsp3) is 0.111. The van der Waals surface area contributed by atoms with Gasteiger partial charge in [0, 0.05) is 0 Å². The zero-order valence-electron chi connectivity index (χ0n) is 14.1. The number of aromatic nitrogens is 4. The molecule has 0 aliphatic heterocycles. The Bertz CT molecular complexity index is 1260. The molecule has 1 amide bonds. The van der Waals surface area contributed by atoms with E-state index in [0.717, 1.165) is 16.7 Å². The molecule has 10 heteroatoms. The van der Waals surface area contributed by atoms with Gasteiger partial charge in [-0.1, -0.05) is 24.3 Å². The summed E-state index contributed by atoms with van der Waals surface area (Å²) in [5.41, 5.74) is -0.878. The molecule has 0 aliphatic carbocycles. The summed E-state index contributed by atoms with van der Waals surface area (Å²) in [5.74, 6) is -0.771. The average Bonchev–Trinajstić information content (AvgIpc) is 3.15. The molecular formula is C18H12F3N5O2. The Morgan fingerprint density at radius 1 is 1.04 bits per heavy atom. The van der Waals surface area contributed by atoms with Crippen molar-refractivity contribution in [2.75, 3.05) is 5.32 Å². The van der Waals surface area contributed by atoms with Crippen molar-refractivity contribution in [3.05, 3.63) is 70.8 Å². The maximum atomic E-state index is 13.1. The number of carbonyl (C=O) groups is 1. The van der Waals surface area contributed by atoms with E-state index in [-0.39, 0.29) is 11.3 Å². The third-order valence-corrected chi connectivity index (χ3v) is 4.22. The number of alkyl halides is 3. The molecule has 4 rings (SSSR count). The molecule has 0 atom stereocenters. The lowest BCUT2D eigenvalue weighted by Gasteiger charge is -2.15. The number of nitrogens with zero attached hydrogens (tertiary/aromatic N) is 4. The highest BCUT2D eigenvalue weighted by Gasteiger charge is 2.33.